The van der Waals surface area contributed by atoms with Crippen molar-refractivity contribution < 1.29 is 0 Å². The normalized spacial score (nSPS) is 15.9. The third kappa shape index (κ3) is 3.58. The quantitative estimate of drug-likeness (QED) is 0.872. The maximum Gasteiger partial charge on any atom is 0.135 e. The van der Waals surface area contributed by atoms with Crippen molar-refractivity contribution in [3.05, 3.63) is 40.6 Å². The zero-order valence-electron chi connectivity index (χ0n) is 13.0. The van der Waals surface area contributed by atoms with Gasteiger partial charge in [-0.1, -0.05) is 22.9 Å². The zero-order valence-corrected chi connectivity index (χ0v) is 14.6. The van der Waals surface area contributed by atoms with Gasteiger partial charge in [0.05, 0.1) is 0 Å². The molecule has 0 amide bonds. The van der Waals surface area contributed by atoms with Gasteiger partial charge in [-0.3, -0.25) is 0 Å². The van der Waals surface area contributed by atoms with Crippen LogP contribution in [0.3, 0.4) is 0 Å². The summed E-state index contributed by atoms with van der Waals surface area (Å²) in [6.45, 7) is 6.56. The van der Waals surface area contributed by atoms with E-state index in [0.717, 1.165) is 40.8 Å². The summed E-state index contributed by atoms with van der Waals surface area (Å²) < 4.78 is 1.08. The number of aromatic nitrogens is 2. The molecule has 0 radical (unpaired) electrons. The van der Waals surface area contributed by atoms with Crippen LogP contribution in [0.4, 0.5) is 17.3 Å². The molecule has 4 nitrogen and oxygen atoms in total. The Bertz CT molecular complexity index is 651. The minimum absolute atomic E-state index is 0.820. The van der Waals surface area contributed by atoms with Gasteiger partial charge in [-0.25, -0.2) is 9.97 Å². The molecule has 0 atom stereocenters. The zero-order chi connectivity index (χ0) is 15.5. The SMILES string of the molecule is Cc1cc(Br)ccc1Nc1cc(N2CCC(C)CC2)ncn1. The molecule has 1 aliphatic rings. The molecular weight excluding hydrogens is 340 g/mol. The van der Waals surface area contributed by atoms with Gasteiger partial charge < -0.3 is 10.2 Å². The van der Waals surface area contributed by atoms with Crippen LogP contribution in [0.15, 0.2) is 35.1 Å². The fourth-order valence-corrected chi connectivity index (χ4v) is 3.21. The summed E-state index contributed by atoms with van der Waals surface area (Å²) in [5, 5.41) is 3.39. The van der Waals surface area contributed by atoms with Gasteiger partial charge in [0.1, 0.15) is 18.0 Å². The molecule has 1 saturated heterocycles. The number of rotatable bonds is 3. The lowest BCUT2D eigenvalue weighted by Crippen LogP contribution is -2.33. The first-order chi connectivity index (χ1) is 10.6. The van der Waals surface area contributed by atoms with Crippen molar-refractivity contribution in [2.45, 2.75) is 26.7 Å². The molecular formula is C17H21BrN4. The van der Waals surface area contributed by atoms with Gasteiger partial charge in [0.25, 0.3) is 0 Å². The molecule has 0 spiro atoms. The summed E-state index contributed by atoms with van der Waals surface area (Å²) in [5.74, 6) is 2.68. The van der Waals surface area contributed by atoms with Crippen LogP contribution in [0.2, 0.25) is 0 Å². The van der Waals surface area contributed by atoms with Crippen LogP contribution in [-0.2, 0) is 0 Å². The highest BCUT2D eigenvalue weighted by Gasteiger charge is 2.17. The highest BCUT2D eigenvalue weighted by Crippen LogP contribution is 2.26. The summed E-state index contributed by atoms with van der Waals surface area (Å²) in [7, 11) is 0. The summed E-state index contributed by atoms with van der Waals surface area (Å²) in [4.78, 5) is 11.1. The lowest BCUT2D eigenvalue weighted by Gasteiger charge is -2.31. The molecule has 1 aromatic carbocycles. The molecule has 3 rings (SSSR count). The predicted molar refractivity (Wildman–Crippen MR) is 94.8 cm³/mol. The minimum Gasteiger partial charge on any atom is -0.356 e. The van der Waals surface area contributed by atoms with Crippen molar-refractivity contribution in [2.75, 3.05) is 23.3 Å². The van der Waals surface area contributed by atoms with Gasteiger partial charge in [-0.05, 0) is 49.4 Å². The Morgan fingerprint density at radius 1 is 1.18 bits per heavy atom. The van der Waals surface area contributed by atoms with Crippen molar-refractivity contribution in [2.24, 2.45) is 5.92 Å². The first-order valence-corrected chi connectivity index (χ1v) is 8.51. The topological polar surface area (TPSA) is 41.0 Å². The number of hydrogen-bond donors (Lipinski definition) is 1. The number of halogens is 1. The van der Waals surface area contributed by atoms with E-state index in [-0.39, 0.29) is 0 Å². The van der Waals surface area contributed by atoms with Crippen molar-refractivity contribution in [1.29, 1.82) is 0 Å². The largest absolute Gasteiger partial charge is 0.356 e. The highest BCUT2D eigenvalue weighted by molar-refractivity contribution is 9.10. The van der Waals surface area contributed by atoms with E-state index in [1.807, 2.05) is 12.1 Å². The van der Waals surface area contributed by atoms with Crippen LogP contribution >= 0.6 is 15.9 Å². The van der Waals surface area contributed by atoms with Crippen LogP contribution in [0.5, 0.6) is 0 Å². The Labute approximate surface area is 140 Å². The first-order valence-electron chi connectivity index (χ1n) is 7.72. The standard InChI is InChI=1S/C17H21BrN4/c1-12-5-7-22(8-6-12)17-10-16(19-11-20-17)21-15-4-3-14(18)9-13(15)2/h3-4,9-12H,5-8H2,1-2H3,(H,19,20,21). The highest BCUT2D eigenvalue weighted by atomic mass is 79.9. The average molecular weight is 361 g/mol. The molecule has 1 aromatic heterocycles. The number of benzene rings is 1. The number of hydrogen-bond acceptors (Lipinski definition) is 4. The maximum atomic E-state index is 4.43. The van der Waals surface area contributed by atoms with Gasteiger partial charge in [0.15, 0.2) is 0 Å². The van der Waals surface area contributed by atoms with Crippen LogP contribution in [-0.4, -0.2) is 23.1 Å². The molecule has 1 N–H and O–H groups in total. The van der Waals surface area contributed by atoms with E-state index < -0.39 is 0 Å². The lowest BCUT2D eigenvalue weighted by molar-refractivity contribution is 0.436. The smallest absolute Gasteiger partial charge is 0.135 e. The fraction of sp³-hybridized carbons (Fsp3) is 0.412. The van der Waals surface area contributed by atoms with Crippen LogP contribution < -0.4 is 10.2 Å². The van der Waals surface area contributed by atoms with Gasteiger partial charge in [0, 0.05) is 29.3 Å². The summed E-state index contributed by atoms with van der Waals surface area (Å²) >= 11 is 3.49. The van der Waals surface area contributed by atoms with Gasteiger partial charge >= 0.3 is 0 Å². The third-order valence-corrected chi connectivity index (χ3v) is 4.70. The van der Waals surface area contributed by atoms with E-state index in [9.17, 15) is 0 Å². The number of nitrogens with zero attached hydrogens (tertiary/aromatic N) is 3. The van der Waals surface area contributed by atoms with Crippen molar-refractivity contribution in [3.8, 4) is 0 Å². The molecule has 2 heterocycles. The number of piperidine rings is 1. The first kappa shape index (κ1) is 15.3. The molecule has 1 fully saturated rings. The molecule has 22 heavy (non-hydrogen) atoms. The molecule has 0 saturated carbocycles. The number of aryl methyl sites for hydroxylation is 1. The van der Waals surface area contributed by atoms with E-state index in [4.69, 9.17) is 0 Å². The fourth-order valence-electron chi connectivity index (χ4n) is 2.73. The number of nitrogens with one attached hydrogen (secondary N) is 1. The molecule has 1 aliphatic heterocycles. The average Bonchev–Trinajstić information content (AvgIpc) is 2.51. The van der Waals surface area contributed by atoms with E-state index in [0.29, 0.717) is 0 Å². The van der Waals surface area contributed by atoms with Crippen LogP contribution in [0, 0.1) is 12.8 Å². The maximum absolute atomic E-state index is 4.43. The van der Waals surface area contributed by atoms with E-state index in [2.05, 4.69) is 62.1 Å². The predicted octanol–water partition coefficient (Wildman–Crippen LogP) is 4.53. The molecule has 116 valence electrons. The second kappa shape index (κ2) is 6.65. The van der Waals surface area contributed by atoms with Crippen LogP contribution in [0.1, 0.15) is 25.3 Å². The third-order valence-electron chi connectivity index (χ3n) is 4.21. The molecule has 5 heteroatoms. The Morgan fingerprint density at radius 3 is 2.68 bits per heavy atom. The van der Waals surface area contributed by atoms with Gasteiger partial charge in [0.2, 0.25) is 0 Å². The summed E-state index contributed by atoms with van der Waals surface area (Å²) in [5.41, 5.74) is 2.25. The molecule has 2 aromatic rings. The van der Waals surface area contributed by atoms with Crippen LogP contribution in [0.25, 0.3) is 0 Å². The molecule has 0 bridgehead atoms. The summed E-state index contributed by atoms with van der Waals surface area (Å²) in [6, 6.07) is 8.22. The van der Waals surface area contributed by atoms with E-state index in [1.54, 1.807) is 6.33 Å². The molecule has 0 aliphatic carbocycles. The molecule has 0 unspecified atom stereocenters. The minimum atomic E-state index is 0.820. The Balaban J connectivity index is 1.76. The van der Waals surface area contributed by atoms with Crippen molar-refractivity contribution in [1.82, 2.24) is 9.97 Å². The van der Waals surface area contributed by atoms with Gasteiger partial charge in [-0.15, -0.1) is 0 Å². The second-order valence-corrected chi connectivity index (χ2v) is 6.93. The Hall–Kier alpha value is -1.62. The number of anilines is 3. The lowest BCUT2D eigenvalue weighted by atomic mass is 9.99. The summed E-state index contributed by atoms with van der Waals surface area (Å²) in [6.07, 6.45) is 4.11. The van der Waals surface area contributed by atoms with Crippen molar-refractivity contribution >= 4 is 33.3 Å². The van der Waals surface area contributed by atoms with E-state index in [1.165, 1.54) is 18.4 Å². The van der Waals surface area contributed by atoms with Crippen molar-refractivity contribution in [3.63, 3.8) is 0 Å². The monoisotopic (exact) mass is 360 g/mol. The second-order valence-electron chi connectivity index (χ2n) is 6.02. The van der Waals surface area contributed by atoms with Gasteiger partial charge in [-0.2, -0.15) is 0 Å². The Morgan fingerprint density at radius 2 is 1.95 bits per heavy atom. The van der Waals surface area contributed by atoms with E-state index >= 15 is 0 Å². The Kier molecular flexibility index (Phi) is 4.62.